The van der Waals surface area contributed by atoms with Gasteiger partial charge in [0.05, 0.1) is 45.0 Å². The summed E-state index contributed by atoms with van der Waals surface area (Å²) in [5.74, 6) is -1.32. The monoisotopic (exact) mass is 1210 g/mol. The molecular weight excluding hydrogens is 1160 g/mol. The van der Waals surface area contributed by atoms with E-state index < -0.39 is 21.9 Å². The molecule has 14 nitrogen and oxygen atoms in total. The first-order chi connectivity index (χ1) is 41.5. The van der Waals surface area contributed by atoms with Gasteiger partial charge in [-0.15, -0.1) is 0 Å². The minimum Gasteiger partial charge on any atom is -0.324 e. The quantitative estimate of drug-likeness (QED) is 0.174. The van der Waals surface area contributed by atoms with E-state index in [0.29, 0.717) is 81.3 Å². The number of benzene rings is 6. The molecule has 86 heavy (non-hydrogen) atoms. The molecule has 0 unspecified atom stereocenters. The van der Waals surface area contributed by atoms with Crippen LogP contribution in [0.25, 0.3) is 33.4 Å². The molecule has 6 aromatic carbocycles. The molecule has 2 N–H and O–H groups in total. The van der Waals surface area contributed by atoms with Crippen molar-refractivity contribution in [2.45, 2.75) is 62.4 Å². The number of carbonyl (C=O) groups excluding carboxylic acids is 4. The lowest BCUT2D eigenvalue weighted by atomic mass is 9.54. The minimum absolute atomic E-state index is 0.0952. The maximum Gasteiger partial charge on any atom is 0.250 e. The SMILES string of the molecule is Cc1nn(-c2ccccc2)c2nc3c(cc12)C(=O)[C@@]1(CC3)[C@H](c2ccc(Cl)cc2Cl)CN(C)[C@]12C(=O)Nc1ccccc12.Cc1nn(-c2ccccc2)c2nc3c(cc12)C(=O)[C@]1(CC3)[C@@H](c2ccc(Cl)cc2Cl)CN(C)[C@@]12C(=O)Nc1ccccc12. The average Bonchev–Trinajstić information content (AvgIpc) is 1.48. The number of fused-ring (bicyclic) bond motifs is 10. The van der Waals surface area contributed by atoms with E-state index in [2.05, 4.69) is 20.4 Å². The number of nitrogens with one attached hydrogen (secondary N) is 2. The molecule has 4 aliphatic heterocycles. The van der Waals surface area contributed by atoms with Gasteiger partial charge in [-0.1, -0.05) is 131 Å². The van der Waals surface area contributed by atoms with Gasteiger partial charge in [0.1, 0.15) is 11.1 Å². The number of aryl methyl sites for hydroxylation is 4. The van der Waals surface area contributed by atoms with Crippen molar-refractivity contribution in [3.8, 4) is 11.4 Å². The predicted octanol–water partition coefficient (Wildman–Crippen LogP) is 13.5. The second-order valence-corrected chi connectivity index (χ2v) is 25.3. The topological polar surface area (TPSA) is 160 Å². The summed E-state index contributed by atoms with van der Waals surface area (Å²) in [6.07, 6.45) is 1.88. The van der Waals surface area contributed by atoms with Crippen LogP contribution < -0.4 is 10.6 Å². The third-order valence-corrected chi connectivity index (χ3v) is 20.8. The Balaban J connectivity index is 0.000000145. The Kier molecular flexibility index (Phi) is 12.5. The average molecular weight is 1220 g/mol. The van der Waals surface area contributed by atoms with Crippen LogP contribution >= 0.6 is 46.4 Å². The number of aromatic nitrogens is 6. The number of halogens is 4. The molecule has 2 saturated heterocycles. The summed E-state index contributed by atoms with van der Waals surface area (Å²) in [6, 6.07) is 49.9. The Morgan fingerprint density at radius 3 is 1.27 bits per heavy atom. The summed E-state index contributed by atoms with van der Waals surface area (Å²) in [7, 11) is 3.87. The van der Waals surface area contributed by atoms with Gasteiger partial charge in [-0.25, -0.2) is 19.3 Å². The summed E-state index contributed by atoms with van der Waals surface area (Å²) in [5, 5.41) is 19.5. The second-order valence-electron chi connectivity index (χ2n) is 23.6. The number of hydrogen-bond acceptors (Lipinski definition) is 10. The molecule has 428 valence electrons. The fourth-order valence-electron chi connectivity index (χ4n) is 16.1. The molecule has 2 aliphatic carbocycles. The first-order valence-electron chi connectivity index (χ1n) is 28.7. The molecule has 4 aromatic heterocycles. The number of rotatable bonds is 4. The molecule has 8 heterocycles. The minimum atomic E-state index is -1.23. The number of nitrogens with zero attached hydrogens (tertiary/aromatic N) is 8. The number of likely N-dealkylation sites (tertiary alicyclic amines) is 2. The van der Waals surface area contributed by atoms with E-state index in [-0.39, 0.29) is 35.2 Å². The number of hydrogen-bond donors (Lipinski definition) is 2. The number of para-hydroxylation sites is 4. The fourth-order valence-corrected chi connectivity index (χ4v) is 17.2. The van der Waals surface area contributed by atoms with Crippen LogP contribution in [0.3, 0.4) is 0 Å². The highest BCUT2D eigenvalue weighted by atomic mass is 35.5. The van der Waals surface area contributed by atoms with Crippen LogP contribution in [0.15, 0.2) is 158 Å². The lowest BCUT2D eigenvalue weighted by Gasteiger charge is -2.48. The van der Waals surface area contributed by atoms with E-state index in [4.69, 9.17) is 66.6 Å². The number of anilines is 2. The van der Waals surface area contributed by atoms with E-state index >= 15 is 9.59 Å². The van der Waals surface area contributed by atoms with Gasteiger partial charge in [-0.2, -0.15) is 10.2 Å². The Bertz CT molecular complexity index is 4300. The van der Waals surface area contributed by atoms with E-state index in [1.807, 2.05) is 171 Å². The summed E-state index contributed by atoms with van der Waals surface area (Å²) >= 11 is 26.3. The highest BCUT2D eigenvalue weighted by Crippen LogP contribution is 2.68. The Labute approximate surface area is 515 Å². The smallest absolute Gasteiger partial charge is 0.250 e. The molecule has 16 rings (SSSR count). The zero-order valence-electron chi connectivity index (χ0n) is 47.1. The highest BCUT2D eigenvalue weighted by Gasteiger charge is 2.76. The molecule has 6 atom stereocenters. The van der Waals surface area contributed by atoms with Crippen molar-refractivity contribution in [1.29, 1.82) is 0 Å². The van der Waals surface area contributed by atoms with Gasteiger partial charge in [-0.3, -0.25) is 29.0 Å². The number of amides is 2. The number of carbonyl (C=O) groups is 4. The highest BCUT2D eigenvalue weighted by molar-refractivity contribution is 6.36. The zero-order valence-corrected chi connectivity index (χ0v) is 50.2. The van der Waals surface area contributed by atoms with Crippen LogP contribution in [0.4, 0.5) is 11.4 Å². The molecule has 6 aliphatic rings. The second kappa shape index (κ2) is 19.7. The molecule has 2 amide bonds. The zero-order chi connectivity index (χ0) is 59.3. The molecule has 0 radical (unpaired) electrons. The first-order valence-corrected chi connectivity index (χ1v) is 30.2. The van der Waals surface area contributed by atoms with E-state index in [0.717, 1.165) is 78.6 Å². The van der Waals surface area contributed by atoms with Crippen LogP contribution in [-0.2, 0) is 33.5 Å². The predicted molar refractivity (Wildman–Crippen MR) is 335 cm³/mol. The molecule has 0 bridgehead atoms. The van der Waals surface area contributed by atoms with Gasteiger partial charge < -0.3 is 10.6 Å². The van der Waals surface area contributed by atoms with Crippen molar-refractivity contribution < 1.29 is 19.2 Å². The van der Waals surface area contributed by atoms with E-state index in [9.17, 15) is 9.59 Å². The van der Waals surface area contributed by atoms with Gasteiger partial charge in [0.2, 0.25) is 0 Å². The Morgan fingerprint density at radius 1 is 0.488 bits per heavy atom. The summed E-state index contributed by atoms with van der Waals surface area (Å²) in [4.78, 5) is 73.6. The van der Waals surface area contributed by atoms with Gasteiger partial charge in [-0.05, 0) is 138 Å². The first kappa shape index (κ1) is 54.6. The molecule has 4 spiro atoms. The van der Waals surface area contributed by atoms with Crippen molar-refractivity contribution in [1.82, 2.24) is 39.3 Å². The van der Waals surface area contributed by atoms with E-state index in [1.165, 1.54) is 0 Å². The Hall–Kier alpha value is -8.08. The largest absolute Gasteiger partial charge is 0.324 e. The summed E-state index contributed by atoms with van der Waals surface area (Å²) in [5.41, 5.74) is 7.25. The van der Waals surface area contributed by atoms with Crippen molar-refractivity contribution in [3.05, 3.63) is 234 Å². The number of Topliss-reactive ketones (excluding diaryl/α,β-unsaturated/α-hetero) is 2. The van der Waals surface area contributed by atoms with Crippen LogP contribution in [0.5, 0.6) is 0 Å². The van der Waals surface area contributed by atoms with Crippen molar-refractivity contribution in [2.24, 2.45) is 10.8 Å². The van der Waals surface area contributed by atoms with Gasteiger partial charge in [0.25, 0.3) is 11.8 Å². The molecular formula is C68H54Cl4N10O4. The van der Waals surface area contributed by atoms with Crippen molar-refractivity contribution in [2.75, 3.05) is 37.8 Å². The Morgan fingerprint density at radius 2 is 0.872 bits per heavy atom. The summed E-state index contributed by atoms with van der Waals surface area (Å²) in [6.45, 7) is 4.79. The van der Waals surface area contributed by atoms with Crippen LogP contribution in [-0.4, -0.2) is 89.9 Å². The lowest BCUT2D eigenvalue weighted by molar-refractivity contribution is -0.131. The van der Waals surface area contributed by atoms with Crippen molar-refractivity contribution in [3.63, 3.8) is 0 Å². The third-order valence-electron chi connectivity index (χ3n) is 19.7. The molecule has 18 heteroatoms. The maximum atomic E-state index is 15.4. The molecule has 2 fully saturated rings. The standard InChI is InChI=1S/2C34H27Cl2N5O2/c2*1-19-23-17-24-28(37-31(23)41(39-19)21-8-4-3-5-9-21)14-15-33(30(24)42)26(22-13-12-20(35)16-27(22)36)18-40(2)34(33)25-10-6-7-11-29(25)38-32(34)43/h2*3-13,16-17,26H,14-15,18H2,1-2H3,(H,38,43)/t2*26-,33+,34+/m10/s1. The maximum absolute atomic E-state index is 15.4. The number of ketones is 2. The van der Waals surface area contributed by atoms with Gasteiger partial charge in [0.15, 0.2) is 22.9 Å². The van der Waals surface area contributed by atoms with Crippen molar-refractivity contribution >= 4 is 103 Å². The van der Waals surface area contributed by atoms with E-state index in [1.54, 1.807) is 24.3 Å². The van der Waals surface area contributed by atoms with Gasteiger partial charge >= 0.3 is 0 Å². The summed E-state index contributed by atoms with van der Waals surface area (Å²) < 4.78 is 3.67. The van der Waals surface area contributed by atoms with Crippen LogP contribution in [0, 0.1) is 24.7 Å². The molecule has 10 aromatic rings. The lowest BCUT2D eigenvalue weighted by Crippen LogP contribution is -2.60. The normalized spacial score (nSPS) is 24.6. The fraction of sp³-hybridized carbons (Fsp3) is 0.235. The number of likely N-dealkylation sites (N-methyl/N-ethyl adjacent to an activating group) is 2. The van der Waals surface area contributed by atoms with Crippen LogP contribution in [0.2, 0.25) is 20.1 Å². The third kappa shape index (κ3) is 7.28. The van der Waals surface area contributed by atoms with Gasteiger partial charge in [0, 0.05) is 89.4 Å². The molecule has 0 saturated carbocycles. The number of pyridine rings is 2. The van der Waals surface area contributed by atoms with Crippen LogP contribution in [0.1, 0.15) is 90.4 Å².